The van der Waals surface area contributed by atoms with Crippen LogP contribution in [-0.4, -0.2) is 45.7 Å². The topological polar surface area (TPSA) is 149 Å². The fraction of sp³-hybridized carbons (Fsp3) is 0.500. The van der Waals surface area contributed by atoms with Gasteiger partial charge in [0.2, 0.25) is 0 Å². The molecule has 0 amide bonds. The maximum Gasteiger partial charge on any atom is 1.00 e. The number of aliphatic hydroxyl groups excluding tert-OH is 1. The average Bonchev–Trinajstić information content (AvgIpc) is 1.82. The number of carbonyl (C=O) groups is 2. The Bertz CT molecular complexity index is 290. The number of aliphatic carboxylic acids is 2. The molecular weight excluding hydrogens is 254 g/mol. The summed E-state index contributed by atoms with van der Waals surface area (Å²) in [5, 5.41) is 23.2. The van der Waals surface area contributed by atoms with Crippen molar-refractivity contribution >= 4 is 22.1 Å². The molecule has 4 N–H and O–H groups in total. The van der Waals surface area contributed by atoms with Crippen molar-refractivity contribution in [2.24, 2.45) is 0 Å². The van der Waals surface area contributed by atoms with Crippen LogP contribution in [0.15, 0.2) is 0 Å². The minimum absolute atomic E-state index is 0. The summed E-state index contributed by atoms with van der Waals surface area (Å²) in [5.41, 5.74) is -2.74. The van der Waals surface area contributed by atoms with Crippen LogP contribution in [0.2, 0.25) is 0 Å². The quantitative estimate of drug-likeness (QED) is 0.284. The second-order valence-electron chi connectivity index (χ2n) is 1.72. The largest absolute Gasteiger partial charge is 1.00 e. The smallest absolute Gasteiger partial charge is 1.00 e. The molecule has 0 heterocycles. The number of hydrogen-bond donors (Lipinski definition) is 4. The summed E-state index contributed by atoms with van der Waals surface area (Å²) in [5.74, 6) is -2.84. The molecule has 0 aromatic carbocycles. The fourth-order valence-corrected chi connectivity index (χ4v) is 0.382. The molecule has 1 atom stereocenters. The molecule has 0 aromatic rings. The van der Waals surface area contributed by atoms with Gasteiger partial charge >= 0.3 is 75.2 Å². The minimum atomic E-state index is -4.85. The molecule has 82 valence electrons. The first-order valence-electron chi connectivity index (χ1n) is 2.65. The van der Waals surface area contributed by atoms with Crippen molar-refractivity contribution in [1.29, 1.82) is 0 Å². The molecule has 0 saturated heterocycles. The van der Waals surface area contributed by atoms with E-state index in [1.54, 1.807) is 0 Å². The van der Waals surface area contributed by atoms with Gasteiger partial charge in [0.05, 0.1) is 0 Å². The van der Waals surface area contributed by atoms with Crippen molar-refractivity contribution in [2.45, 2.75) is 12.4 Å². The van der Waals surface area contributed by atoms with Gasteiger partial charge in [0, 0.05) is 6.92 Å². The first kappa shape index (κ1) is 24.9. The molecule has 0 spiro atoms. The summed E-state index contributed by atoms with van der Waals surface area (Å²) in [6.07, 6.45) is 0. The predicted molar refractivity (Wildman–Crippen MR) is 40.7 cm³/mol. The molecule has 0 fully saturated rings. The molecule has 0 bridgehead atoms. The molecule has 0 aliphatic heterocycles. The SMILES string of the molecule is CC(=O)O.O=C(O)C(O)S(=O)(=O)O.[H-].[H-].[Na+].[Na+]. The summed E-state index contributed by atoms with van der Waals surface area (Å²) in [6, 6.07) is 0. The van der Waals surface area contributed by atoms with Gasteiger partial charge in [-0.3, -0.25) is 9.35 Å². The number of carboxylic acid groups (broad SMARTS) is 2. The maximum atomic E-state index is 9.70. The van der Waals surface area contributed by atoms with Crippen LogP contribution in [0.3, 0.4) is 0 Å². The van der Waals surface area contributed by atoms with Gasteiger partial charge in [0.15, 0.2) is 0 Å². The van der Waals surface area contributed by atoms with Crippen LogP contribution in [0.25, 0.3) is 0 Å². The zero-order valence-corrected chi connectivity index (χ0v) is 13.2. The first-order chi connectivity index (χ1) is 5.59. The summed E-state index contributed by atoms with van der Waals surface area (Å²) in [7, 11) is -4.85. The van der Waals surface area contributed by atoms with E-state index in [0.29, 0.717) is 0 Å². The summed E-state index contributed by atoms with van der Waals surface area (Å²) in [6.45, 7) is 1.08. The van der Waals surface area contributed by atoms with Crippen LogP contribution < -0.4 is 59.1 Å². The van der Waals surface area contributed by atoms with Crippen LogP contribution in [0.4, 0.5) is 0 Å². The van der Waals surface area contributed by atoms with Gasteiger partial charge in [-0.15, -0.1) is 0 Å². The number of carboxylic acids is 2. The van der Waals surface area contributed by atoms with Gasteiger partial charge < -0.3 is 18.2 Å². The third-order valence-electron chi connectivity index (χ3n) is 0.493. The van der Waals surface area contributed by atoms with Crippen molar-refractivity contribution in [3.8, 4) is 0 Å². The van der Waals surface area contributed by atoms with E-state index in [4.69, 9.17) is 24.7 Å². The summed E-state index contributed by atoms with van der Waals surface area (Å²) in [4.78, 5) is 18.6. The zero-order valence-electron chi connectivity index (χ0n) is 10.4. The van der Waals surface area contributed by atoms with Crippen molar-refractivity contribution in [2.75, 3.05) is 0 Å². The van der Waals surface area contributed by atoms with Crippen molar-refractivity contribution in [3.05, 3.63) is 0 Å². The molecule has 8 nitrogen and oxygen atoms in total. The van der Waals surface area contributed by atoms with Crippen LogP contribution in [0, 0.1) is 0 Å². The summed E-state index contributed by atoms with van der Waals surface area (Å²) < 4.78 is 27.2. The molecule has 0 aliphatic carbocycles. The average molecular weight is 264 g/mol. The second kappa shape index (κ2) is 11.3. The van der Waals surface area contributed by atoms with Gasteiger partial charge in [0.1, 0.15) is 0 Å². The Morgan fingerprint density at radius 2 is 1.40 bits per heavy atom. The van der Waals surface area contributed by atoms with E-state index in [0.717, 1.165) is 6.92 Å². The van der Waals surface area contributed by atoms with Gasteiger partial charge in [-0.25, -0.2) is 4.79 Å². The Hall–Kier alpha value is 0.810. The molecule has 0 rings (SSSR count). The monoisotopic (exact) mass is 264 g/mol. The third-order valence-corrected chi connectivity index (χ3v) is 1.26. The van der Waals surface area contributed by atoms with Gasteiger partial charge in [0.25, 0.3) is 11.4 Å². The van der Waals surface area contributed by atoms with Gasteiger partial charge in [-0.05, 0) is 0 Å². The van der Waals surface area contributed by atoms with Crippen LogP contribution in [0.1, 0.15) is 9.78 Å². The van der Waals surface area contributed by atoms with Gasteiger partial charge in [-0.1, -0.05) is 0 Å². The van der Waals surface area contributed by atoms with E-state index in [2.05, 4.69) is 0 Å². The first-order valence-corrected chi connectivity index (χ1v) is 4.16. The molecule has 0 radical (unpaired) electrons. The van der Waals surface area contributed by atoms with E-state index in [-0.39, 0.29) is 62.0 Å². The molecule has 11 heteroatoms. The Morgan fingerprint density at radius 1 is 1.20 bits per heavy atom. The maximum absolute atomic E-state index is 9.70. The number of rotatable bonds is 2. The van der Waals surface area contributed by atoms with E-state index < -0.39 is 27.5 Å². The Kier molecular flexibility index (Phi) is 18.7. The van der Waals surface area contributed by atoms with E-state index in [9.17, 15) is 13.2 Å². The van der Waals surface area contributed by atoms with E-state index in [1.807, 2.05) is 0 Å². The standard InChI is InChI=1S/C2H4O6S.C2H4O2.2Na.2H/c3-1(4)2(5)9(6,7)8;1-2(3)4;;;;/h2,5H,(H,3,4)(H,6,7,8);1H3,(H,3,4);;;;/q;;2*+1;2*-1. The van der Waals surface area contributed by atoms with E-state index >= 15 is 0 Å². The summed E-state index contributed by atoms with van der Waals surface area (Å²) >= 11 is 0. The zero-order chi connectivity index (χ0) is 11.2. The van der Waals surface area contributed by atoms with Crippen molar-refractivity contribution in [3.63, 3.8) is 0 Å². The van der Waals surface area contributed by atoms with Gasteiger partial charge in [-0.2, -0.15) is 8.42 Å². The van der Waals surface area contributed by atoms with Crippen molar-refractivity contribution < 1.29 is 99.8 Å². The normalized spacial score (nSPS) is 10.6. The number of aliphatic hydroxyl groups is 1. The molecule has 15 heavy (non-hydrogen) atoms. The Morgan fingerprint density at radius 3 is 1.40 bits per heavy atom. The Labute approximate surface area is 133 Å². The van der Waals surface area contributed by atoms with E-state index in [1.165, 1.54) is 0 Å². The van der Waals surface area contributed by atoms with Crippen LogP contribution in [-0.2, 0) is 19.7 Å². The van der Waals surface area contributed by atoms with Crippen LogP contribution >= 0.6 is 0 Å². The molecule has 0 saturated carbocycles. The molecular formula is C4H10Na2O8S. The molecule has 0 aliphatic rings. The molecule has 0 aromatic heterocycles. The number of hydrogen-bond acceptors (Lipinski definition) is 5. The predicted octanol–water partition coefficient (Wildman–Crippen LogP) is -7.40. The fourth-order valence-electron chi connectivity index (χ4n) is 0.127. The minimum Gasteiger partial charge on any atom is -1.00 e. The third kappa shape index (κ3) is 20.8. The second-order valence-corrected chi connectivity index (χ2v) is 3.20. The van der Waals surface area contributed by atoms with Crippen molar-refractivity contribution in [1.82, 2.24) is 0 Å². The van der Waals surface area contributed by atoms with Crippen LogP contribution in [0.5, 0.6) is 0 Å². The molecule has 1 unspecified atom stereocenters. The Balaban J connectivity index is -0.0000000338.